The molecule has 0 aliphatic rings. The van der Waals surface area contributed by atoms with Crippen LogP contribution in [0.25, 0.3) is 0 Å². The van der Waals surface area contributed by atoms with Crippen LogP contribution in [0, 0.1) is 19.7 Å². The van der Waals surface area contributed by atoms with Crippen LogP contribution in [0.1, 0.15) is 41.8 Å². The molecule has 0 radical (unpaired) electrons. The molecule has 0 fully saturated rings. The molecule has 1 atom stereocenters. The fourth-order valence-electron chi connectivity index (χ4n) is 2.28. The fraction of sp³-hybridized carbons (Fsp3) is 0.375. The molecule has 1 aromatic heterocycles. The molecule has 2 aromatic rings. The minimum atomic E-state index is -0.202. The molecule has 3 heteroatoms. The van der Waals surface area contributed by atoms with E-state index in [9.17, 15) is 4.39 Å². The average Bonchev–Trinajstić information content (AvgIpc) is 2.78. The second-order valence-electron chi connectivity index (χ2n) is 4.86. The van der Waals surface area contributed by atoms with Crippen molar-refractivity contribution < 1.29 is 8.81 Å². The molecule has 1 unspecified atom stereocenters. The zero-order chi connectivity index (χ0) is 13.8. The second-order valence-corrected chi connectivity index (χ2v) is 4.86. The van der Waals surface area contributed by atoms with Crippen LogP contribution in [0.2, 0.25) is 0 Å². The van der Waals surface area contributed by atoms with Crippen molar-refractivity contribution in [3.8, 4) is 0 Å². The summed E-state index contributed by atoms with van der Waals surface area (Å²) in [6.45, 7) is 6.97. The predicted molar refractivity (Wildman–Crippen MR) is 74.7 cm³/mol. The molecule has 1 aromatic carbocycles. The number of aryl methyl sites for hydroxylation is 2. The minimum absolute atomic E-state index is 0.0180. The lowest BCUT2D eigenvalue weighted by Crippen LogP contribution is -2.24. The molecule has 0 amide bonds. The van der Waals surface area contributed by atoms with Gasteiger partial charge in [0.25, 0.3) is 0 Å². The van der Waals surface area contributed by atoms with Gasteiger partial charge in [-0.1, -0.05) is 13.0 Å². The highest BCUT2D eigenvalue weighted by molar-refractivity contribution is 5.36. The number of rotatable bonds is 5. The zero-order valence-corrected chi connectivity index (χ0v) is 11.7. The second kappa shape index (κ2) is 6.02. The third-order valence-corrected chi connectivity index (χ3v) is 3.31. The quantitative estimate of drug-likeness (QED) is 0.875. The largest absolute Gasteiger partial charge is 0.467 e. The summed E-state index contributed by atoms with van der Waals surface area (Å²) in [5, 5.41) is 3.47. The molecular weight excluding hydrogens is 241 g/mol. The Balaban J connectivity index is 2.40. The molecule has 19 heavy (non-hydrogen) atoms. The molecule has 0 spiro atoms. The third-order valence-electron chi connectivity index (χ3n) is 3.31. The van der Waals surface area contributed by atoms with Gasteiger partial charge in [-0.15, -0.1) is 0 Å². The summed E-state index contributed by atoms with van der Waals surface area (Å²) in [4.78, 5) is 0. The van der Waals surface area contributed by atoms with Gasteiger partial charge in [0.1, 0.15) is 11.6 Å². The standard InChI is InChI=1S/C16H20FNO/c1-4-8-18-15(16-11(2)7-9-19-16)14-6-5-13(17)10-12(14)3/h5-7,9-10,15,18H,4,8H2,1-3H3. The summed E-state index contributed by atoms with van der Waals surface area (Å²) in [7, 11) is 0. The maximum atomic E-state index is 13.2. The highest BCUT2D eigenvalue weighted by Gasteiger charge is 2.20. The van der Waals surface area contributed by atoms with Gasteiger partial charge in [0.15, 0.2) is 0 Å². The van der Waals surface area contributed by atoms with E-state index in [0.29, 0.717) is 0 Å². The molecule has 2 rings (SSSR count). The molecule has 0 aliphatic carbocycles. The fourth-order valence-corrected chi connectivity index (χ4v) is 2.28. The zero-order valence-electron chi connectivity index (χ0n) is 11.7. The minimum Gasteiger partial charge on any atom is -0.467 e. The van der Waals surface area contributed by atoms with Gasteiger partial charge >= 0.3 is 0 Å². The van der Waals surface area contributed by atoms with E-state index in [2.05, 4.69) is 12.2 Å². The number of benzene rings is 1. The molecule has 2 nitrogen and oxygen atoms in total. The maximum Gasteiger partial charge on any atom is 0.128 e. The van der Waals surface area contributed by atoms with E-state index < -0.39 is 0 Å². The van der Waals surface area contributed by atoms with Crippen LogP contribution in [-0.2, 0) is 0 Å². The molecule has 0 aliphatic heterocycles. The van der Waals surface area contributed by atoms with Gasteiger partial charge in [0.2, 0.25) is 0 Å². The third kappa shape index (κ3) is 3.04. The number of hydrogen-bond acceptors (Lipinski definition) is 2. The first kappa shape index (κ1) is 13.8. The monoisotopic (exact) mass is 261 g/mol. The lowest BCUT2D eigenvalue weighted by atomic mass is 9.97. The van der Waals surface area contributed by atoms with Gasteiger partial charge in [-0.2, -0.15) is 0 Å². The number of hydrogen-bond donors (Lipinski definition) is 1. The van der Waals surface area contributed by atoms with Crippen LogP contribution >= 0.6 is 0 Å². The molecule has 0 bridgehead atoms. The summed E-state index contributed by atoms with van der Waals surface area (Å²) < 4.78 is 18.8. The first-order valence-electron chi connectivity index (χ1n) is 6.67. The van der Waals surface area contributed by atoms with Gasteiger partial charge in [0, 0.05) is 0 Å². The topological polar surface area (TPSA) is 25.2 Å². The Bertz CT molecular complexity index is 547. The van der Waals surface area contributed by atoms with E-state index in [1.54, 1.807) is 12.3 Å². The van der Waals surface area contributed by atoms with Crippen molar-refractivity contribution in [3.05, 3.63) is 58.8 Å². The summed E-state index contributed by atoms with van der Waals surface area (Å²) in [6.07, 6.45) is 2.74. The van der Waals surface area contributed by atoms with Crippen molar-refractivity contribution >= 4 is 0 Å². The molecular formula is C16H20FNO. The highest BCUT2D eigenvalue weighted by atomic mass is 19.1. The van der Waals surface area contributed by atoms with Crippen molar-refractivity contribution in [1.82, 2.24) is 5.32 Å². The molecule has 1 N–H and O–H groups in total. The average molecular weight is 261 g/mol. The van der Waals surface area contributed by atoms with Crippen LogP contribution in [0.3, 0.4) is 0 Å². The van der Waals surface area contributed by atoms with Crippen molar-refractivity contribution in [2.45, 2.75) is 33.2 Å². The van der Waals surface area contributed by atoms with Crippen LogP contribution in [0.5, 0.6) is 0 Å². The predicted octanol–water partition coefficient (Wildman–Crippen LogP) is 4.12. The van der Waals surface area contributed by atoms with Crippen LogP contribution in [0.4, 0.5) is 4.39 Å². The highest BCUT2D eigenvalue weighted by Crippen LogP contribution is 2.28. The Morgan fingerprint density at radius 1 is 1.21 bits per heavy atom. The Kier molecular flexibility index (Phi) is 4.38. The summed E-state index contributed by atoms with van der Waals surface area (Å²) >= 11 is 0. The molecule has 1 heterocycles. The van der Waals surface area contributed by atoms with Gasteiger partial charge in [0.05, 0.1) is 12.3 Å². The number of nitrogens with one attached hydrogen (secondary N) is 1. The molecule has 102 valence electrons. The summed E-state index contributed by atoms with van der Waals surface area (Å²) in [6, 6.07) is 6.83. The molecule has 0 saturated heterocycles. The Labute approximate surface area is 113 Å². The van der Waals surface area contributed by atoms with E-state index in [0.717, 1.165) is 35.4 Å². The van der Waals surface area contributed by atoms with E-state index in [1.807, 2.05) is 26.0 Å². The van der Waals surface area contributed by atoms with Gasteiger partial charge in [-0.05, 0) is 61.7 Å². The summed E-state index contributed by atoms with van der Waals surface area (Å²) in [5.74, 6) is 0.704. The number of furan rings is 1. The lowest BCUT2D eigenvalue weighted by molar-refractivity contribution is 0.442. The van der Waals surface area contributed by atoms with E-state index in [-0.39, 0.29) is 11.9 Å². The first-order valence-corrected chi connectivity index (χ1v) is 6.67. The molecule has 0 saturated carbocycles. The van der Waals surface area contributed by atoms with Crippen molar-refractivity contribution in [1.29, 1.82) is 0 Å². The van der Waals surface area contributed by atoms with Crippen LogP contribution in [-0.4, -0.2) is 6.54 Å². The van der Waals surface area contributed by atoms with Gasteiger partial charge in [-0.25, -0.2) is 4.39 Å². The normalized spacial score (nSPS) is 12.6. The summed E-state index contributed by atoms with van der Waals surface area (Å²) in [5.41, 5.74) is 3.11. The van der Waals surface area contributed by atoms with Crippen LogP contribution < -0.4 is 5.32 Å². The number of halogens is 1. The van der Waals surface area contributed by atoms with Crippen molar-refractivity contribution in [2.75, 3.05) is 6.54 Å². The Hall–Kier alpha value is -1.61. The van der Waals surface area contributed by atoms with E-state index in [1.165, 1.54) is 6.07 Å². The van der Waals surface area contributed by atoms with E-state index in [4.69, 9.17) is 4.42 Å². The smallest absolute Gasteiger partial charge is 0.128 e. The van der Waals surface area contributed by atoms with Crippen molar-refractivity contribution in [2.24, 2.45) is 0 Å². The van der Waals surface area contributed by atoms with Crippen LogP contribution in [0.15, 0.2) is 34.9 Å². The maximum absolute atomic E-state index is 13.2. The van der Waals surface area contributed by atoms with Crippen molar-refractivity contribution in [3.63, 3.8) is 0 Å². The first-order chi connectivity index (χ1) is 9.13. The lowest BCUT2D eigenvalue weighted by Gasteiger charge is -2.20. The van der Waals surface area contributed by atoms with E-state index >= 15 is 0 Å². The van der Waals surface area contributed by atoms with Gasteiger partial charge < -0.3 is 9.73 Å². The Morgan fingerprint density at radius 3 is 2.58 bits per heavy atom. The van der Waals surface area contributed by atoms with Gasteiger partial charge in [-0.3, -0.25) is 0 Å². The SMILES string of the molecule is CCCNC(c1ccc(F)cc1C)c1occc1C. The Morgan fingerprint density at radius 2 is 2.00 bits per heavy atom.